The second-order valence-corrected chi connectivity index (χ2v) is 6.17. The Kier molecular flexibility index (Phi) is 7.23. The maximum atomic E-state index is 12.4. The molecule has 1 fully saturated rings. The average Bonchev–Trinajstić information content (AvgIpc) is 2.64. The SMILES string of the molecule is COc1cccc(CN2CCNC(=O)[C@H]2CC(=O)N(C)CCO)c1OC. The molecule has 2 amide bonds. The summed E-state index contributed by atoms with van der Waals surface area (Å²) in [4.78, 5) is 28.1. The van der Waals surface area contributed by atoms with Gasteiger partial charge in [0, 0.05) is 38.8 Å². The van der Waals surface area contributed by atoms with Crippen LogP contribution in [0, 0.1) is 0 Å². The maximum absolute atomic E-state index is 12.4. The minimum Gasteiger partial charge on any atom is -0.493 e. The van der Waals surface area contributed by atoms with Gasteiger partial charge in [-0.15, -0.1) is 0 Å². The summed E-state index contributed by atoms with van der Waals surface area (Å²) in [6.45, 7) is 1.77. The molecule has 1 aromatic rings. The standard InChI is InChI=1S/C18H27N3O5/c1-20(9-10-22)16(23)11-14-18(24)19-7-8-21(14)12-13-5-4-6-15(25-2)17(13)26-3/h4-6,14,22H,7-12H2,1-3H3,(H,19,24)/t14-/m1/s1. The molecule has 0 unspecified atom stereocenters. The number of amides is 2. The number of aliphatic hydroxyl groups is 1. The highest BCUT2D eigenvalue weighted by molar-refractivity contribution is 5.88. The Balaban J connectivity index is 2.18. The summed E-state index contributed by atoms with van der Waals surface area (Å²) in [6.07, 6.45) is 0.0641. The van der Waals surface area contributed by atoms with Crippen LogP contribution in [-0.4, -0.2) is 80.3 Å². The quantitative estimate of drug-likeness (QED) is 0.666. The summed E-state index contributed by atoms with van der Waals surface area (Å²) < 4.78 is 10.8. The Bertz CT molecular complexity index is 637. The van der Waals surface area contributed by atoms with E-state index in [0.717, 1.165) is 5.56 Å². The molecule has 8 heteroatoms. The fraction of sp³-hybridized carbons (Fsp3) is 0.556. The van der Waals surface area contributed by atoms with Crippen LogP contribution in [-0.2, 0) is 16.1 Å². The van der Waals surface area contributed by atoms with E-state index in [9.17, 15) is 9.59 Å². The normalized spacial score (nSPS) is 17.5. The van der Waals surface area contributed by atoms with Crippen molar-refractivity contribution in [3.05, 3.63) is 23.8 Å². The highest BCUT2D eigenvalue weighted by atomic mass is 16.5. The van der Waals surface area contributed by atoms with Crippen molar-refractivity contribution in [3.8, 4) is 11.5 Å². The molecule has 0 saturated carbocycles. The lowest BCUT2D eigenvalue weighted by molar-refractivity contribution is -0.138. The number of hydrogen-bond donors (Lipinski definition) is 2. The molecule has 144 valence electrons. The number of benzene rings is 1. The molecule has 2 N–H and O–H groups in total. The van der Waals surface area contributed by atoms with Gasteiger partial charge in [0.25, 0.3) is 0 Å². The molecule has 1 saturated heterocycles. The summed E-state index contributed by atoms with van der Waals surface area (Å²) in [7, 11) is 4.78. The van der Waals surface area contributed by atoms with Gasteiger partial charge in [0.2, 0.25) is 11.8 Å². The minimum atomic E-state index is -0.562. The zero-order valence-electron chi connectivity index (χ0n) is 15.5. The van der Waals surface area contributed by atoms with Crippen LogP contribution >= 0.6 is 0 Å². The monoisotopic (exact) mass is 365 g/mol. The number of nitrogens with one attached hydrogen (secondary N) is 1. The van der Waals surface area contributed by atoms with Crippen molar-refractivity contribution in [2.24, 2.45) is 0 Å². The zero-order chi connectivity index (χ0) is 19.1. The fourth-order valence-electron chi connectivity index (χ4n) is 3.07. The largest absolute Gasteiger partial charge is 0.493 e. The van der Waals surface area contributed by atoms with Gasteiger partial charge in [-0.1, -0.05) is 12.1 Å². The van der Waals surface area contributed by atoms with Gasteiger partial charge in [0.15, 0.2) is 11.5 Å². The van der Waals surface area contributed by atoms with Crippen LogP contribution in [0.2, 0.25) is 0 Å². The first-order valence-electron chi connectivity index (χ1n) is 8.58. The Morgan fingerprint density at radius 2 is 2.15 bits per heavy atom. The summed E-state index contributed by atoms with van der Waals surface area (Å²) >= 11 is 0. The van der Waals surface area contributed by atoms with Gasteiger partial charge in [-0.25, -0.2) is 0 Å². The van der Waals surface area contributed by atoms with Crippen LogP contribution in [0.1, 0.15) is 12.0 Å². The number of carbonyl (C=O) groups excluding carboxylic acids is 2. The third-order valence-electron chi connectivity index (χ3n) is 4.53. The van der Waals surface area contributed by atoms with Crippen LogP contribution in [0.4, 0.5) is 0 Å². The van der Waals surface area contributed by atoms with Gasteiger partial charge in [-0.05, 0) is 6.07 Å². The van der Waals surface area contributed by atoms with Crippen molar-refractivity contribution in [2.75, 3.05) is 47.5 Å². The lowest BCUT2D eigenvalue weighted by atomic mass is 10.1. The average molecular weight is 365 g/mol. The van der Waals surface area contributed by atoms with Crippen LogP contribution < -0.4 is 14.8 Å². The number of methoxy groups -OCH3 is 2. The van der Waals surface area contributed by atoms with Crippen molar-refractivity contribution in [1.29, 1.82) is 0 Å². The van der Waals surface area contributed by atoms with E-state index < -0.39 is 6.04 Å². The number of rotatable bonds is 8. The molecule has 0 aromatic heterocycles. The maximum Gasteiger partial charge on any atom is 0.237 e. The lowest BCUT2D eigenvalue weighted by Crippen LogP contribution is -2.56. The van der Waals surface area contributed by atoms with Crippen molar-refractivity contribution < 1.29 is 24.2 Å². The molecule has 1 aliphatic heterocycles. The molecule has 0 radical (unpaired) electrons. The minimum absolute atomic E-state index is 0.0641. The molecule has 1 aliphatic rings. The number of carbonyl (C=O) groups is 2. The number of piperazine rings is 1. The van der Waals surface area contributed by atoms with Crippen molar-refractivity contribution in [3.63, 3.8) is 0 Å². The number of likely N-dealkylation sites (N-methyl/N-ethyl adjacent to an activating group) is 1. The highest BCUT2D eigenvalue weighted by Gasteiger charge is 2.33. The van der Waals surface area contributed by atoms with Crippen LogP contribution in [0.5, 0.6) is 11.5 Å². The number of nitrogens with zero attached hydrogens (tertiary/aromatic N) is 2. The first-order valence-corrected chi connectivity index (χ1v) is 8.58. The molecule has 2 rings (SSSR count). The van der Waals surface area contributed by atoms with Crippen LogP contribution in [0.3, 0.4) is 0 Å². The van der Waals surface area contributed by atoms with Crippen molar-refractivity contribution in [2.45, 2.75) is 19.0 Å². The second kappa shape index (κ2) is 9.40. The molecule has 0 bridgehead atoms. The topological polar surface area (TPSA) is 91.3 Å². The smallest absolute Gasteiger partial charge is 0.237 e. The Hall–Kier alpha value is -2.32. The number of hydrogen-bond acceptors (Lipinski definition) is 6. The zero-order valence-corrected chi connectivity index (χ0v) is 15.5. The number of aliphatic hydroxyl groups excluding tert-OH is 1. The van der Waals surface area contributed by atoms with Gasteiger partial charge in [-0.3, -0.25) is 14.5 Å². The molecule has 0 spiro atoms. The number of para-hydroxylation sites is 1. The molecule has 1 aromatic carbocycles. The fourth-order valence-corrected chi connectivity index (χ4v) is 3.07. The second-order valence-electron chi connectivity index (χ2n) is 6.17. The first-order chi connectivity index (χ1) is 12.5. The van der Waals surface area contributed by atoms with E-state index in [2.05, 4.69) is 5.32 Å². The summed E-state index contributed by atoms with van der Waals surface area (Å²) in [6, 6.07) is 5.05. The van der Waals surface area contributed by atoms with E-state index in [1.807, 2.05) is 23.1 Å². The third-order valence-corrected chi connectivity index (χ3v) is 4.53. The van der Waals surface area contributed by atoms with E-state index in [1.165, 1.54) is 4.90 Å². The van der Waals surface area contributed by atoms with Gasteiger partial charge >= 0.3 is 0 Å². The van der Waals surface area contributed by atoms with E-state index in [0.29, 0.717) is 31.1 Å². The van der Waals surface area contributed by atoms with Gasteiger partial charge in [-0.2, -0.15) is 0 Å². The lowest BCUT2D eigenvalue weighted by Gasteiger charge is -2.35. The highest BCUT2D eigenvalue weighted by Crippen LogP contribution is 2.32. The Morgan fingerprint density at radius 1 is 1.38 bits per heavy atom. The molecule has 1 atom stereocenters. The van der Waals surface area contributed by atoms with E-state index in [4.69, 9.17) is 14.6 Å². The summed E-state index contributed by atoms with van der Waals surface area (Å²) in [5.41, 5.74) is 0.891. The molecular weight excluding hydrogens is 338 g/mol. The predicted octanol–water partition coefficient (Wildman–Crippen LogP) is -0.155. The summed E-state index contributed by atoms with van der Waals surface area (Å²) in [5, 5.41) is 11.8. The van der Waals surface area contributed by atoms with Crippen molar-refractivity contribution >= 4 is 11.8 Å². The molecule has 26 heavy (non-hydrogen) atoms. The van der Waals surface area contributed by atoms with E-state index in [-0.39, 0.29) is 31.4 Å². The Morgan fingerprint density at radius 3 is 2.81 bits per heavy atom. The predicted molar refractivity (Wildman–Crippen MR) is 96.1 cm³/mol. The third kappa shape index (κ3) is 4.64. The molecule has 1 heterocycles. The van der Waals surface area contributed by atoms with Gasteiger partial charge < -0.3 is 24.8 Å². The summed E-state index contributed by atoms with van der Waals surface area (Å²) in [5.74, 6) is 0.915. The molecule has 8 nitrogen and oxygen atoms in total. The van der Waals surface area contributed by atoms with Crippen LogP contribution in [0.15, 0.2) is 18.2 Å². The van der Waals surface area contributed by atoms with E-state index in [1.54, 1.807) is 21.3 Å². The first kappa shape index (κ1) is 20.0. The van der Waals surface area contributed by atoms with E-state index >= 15 is 0 Å². The molecule has 0 aliphatic carbocycles. The van der Waals surface area contributed by atoms with Crippen molar-refractivity contribution in [1.82, 2.24) is 15.1 Å². The van der Waals surface area contributed by atoms with Crippen LogP contribution in [0.25, 0.3) is 0 Å². The number of ether oxygens (including phenoxy) is 2. The van der Waals surface area contributed by atoms with Gasteiger partial charge in [0.05, 0.1) is 33.3 Å². The molecular formula is C18H27N3O5. The Labute approximate surface area is 153 Å². The van der Waals surface area contributed by atoms with Gasteiger partial charge in [0.1, 0.15) is 0 Å².